The molecular weight excluding hydrogens is 332 g/mol. The van der Waals surface area contributed by atoms with Crippen LogP contribution < -0.4 is 5.32 Å². The van der Waals surface area contributed by atoms with Gasteiger partial charge in [-0.25, -0.2) is 0 Å². The lowest BCUT2D eigenvalue weighted by Crippen LogP contribution is -2.88. The van der Waals surface area contributed by atoms with E-state index in [2.05, 4.69) is 60.8 Å². The SMILES string of the molecule is Cc1ccc([C@@H]([NH2+][C@@H](C(=O)N(C)C)c2ccccc2)c2ccccc2)cc1. The monoisotopic (exact) mass is 359 g/mol. The van der Waals surface area contributed by atoms with Gasteiger partial charge < -0.3 is 10.2 Å². The van der Waals surface area contributed by atoms with Crippen LogP contribution in [0.15, 0.2) is 84.9 Å². The van der Waals surface area contributed by atoms with Gasteiger partial charge in [0.2, 0.25) is 0 Å². The second-order valence-electron chi connectivity index (χ2n) is 7.11. The third kappa shape index (κ3) is 4.63. The zero-order chi connectivity index (χ0) is 19.2. The van der Waals surface area contributed by atoms with Gasteiger partial charge >= 0.3 is 0 Å². The van der Waals surface area contributed by atoms with Gasteiger partial charge in [-0.1, -0.05) is 90.5 Å². The van der Waals surface area contributed by atoms with Crippen LogP contribution in [0.4, 0.5) is 0 Å². The van der Waals surface area contributed by atoms with Crippen LogP contribution in [0.25, 0.3) is 0 Å². The standard InChI is InChI=1S/C24H26N2O/c1-18-14-16-21(17-15-18)22(19-10-6-4-7-11-19)25-23(24(27)26(2)3)20-12-8-5-9-13-20/h4-17,22-23,25H,1-3H3/p+1/t22-,23+/m0/s1. The molecule has 3 aromatic rings. The molecule has 0 spiro atoms. The summed E-state index contributed by atoms with van der Waals surface area (Å²) < 4.78 is 0. The number of nitrogens with two attached hydrogens (primary N) is 1. The Balaban J connectivity index is 2.02. The number of hydrogen-bond donors (Lipinski definition) is 1. The van der Waals surface area contributed by atoms with Crippen molar-refractivity contribution in [2.24, 2.45) is 0 Å². The highest BCUT2D eigenvalue weighted by molar-refractivity contribution is 5.81. The van der Waals surface area contributed by atoms with E-state index < -0.39 is 0 Å². The van der Waals surface area contributed by atoms with Crippen molar-refractivity contribution in [2.45, 2.75) is 19.0 Å². The second-order valence-corrected chi connectivity index (χ2v) is 7.11. The van der Waals surface area contributed by atoms with Gasteiger partial charge in [-0.3, -0.25) is 4.79 Å². The average molecular weight is 359 g/mol. The summed E-state index contributed by atoms with van der Waals surface area (Å²) in [6.07, 6.45) is 0. The van der Waals surface area contributed by atoms with Crippen LogP contribution in [0.5, 0.6) is 0 Å². The van der Waals surface area contributed by atoms with Crippen LogP contribution in [-0.4, -0.2) is 24.9 Å². The minimum absolute atomic E-state index is 0.0425. The summed E-state index contributed by atoms with van der Waals surface area (Å²) in [7, 11) is 3.63. The van der Waals surface area contributed by atoms with Crippen LogP contribution in [0, 0.1) is 6.92 Å². The zero-order valence-electron chi connectivity index (χ0n) is 16.2. The molecule has 0 aliphatic carbocycles. The Morgan fingerprint density at radius 2 is 1.22 bits per heavy atom. The smallest absolute Gasteiger partial charge is 0.285 e. The third-order valence-corrected chi connectivity index (χ3v) is 4.85. The number of carbonyl (C=O) groups excluding carboxylic acids is 1. The molecule has 0 unspecified atom stereocenters. The summed E-state index contributed by atoms with van der Waals surface area (Å²) in [6, 6.07) is 28.7. The van der Waals surface area contributed by atoms with Gasteiger partial charge in [-0.05, 0) is 6.92 Å². The van der Waals surface area contributed by atoms with Crippen LogP contribution >= 0.6 is 0 Å². The Morgan fingerprint density at radius 1 is 0.741 bits per heavy atom. The largest absolute Gasteiger partial charge is 0.343 e. The molecule has 0 radical (unpaired) electrons. The van der Waals surface area contributed by atoms with Crippen molar-refractivity contribution in [3.8, 4) is 0 Å². The Hall–Kier alpha value is -2.91. The second kappa shape index (κ2) is 8.65. The van der Waals surface area contributed by atoms with Crippen LogP contribution in [0.3, 0.4) is 0 Å². The predicted molar refractivity (Wildman–Crippen MR) is 109 cm³/mol. The molecule has 0 aromatic heterocycles. The van der Waals surface area contributed by atoms with E-state index in [-0.39, 0.29) is 18.0 Å². The highest BCUT2D eigenvalue weighted by Gasteiger charge is 2.30. The van der Waals surface area contributed by atoms with E-state index in [9.17, 15) is 4.79 Å². The lowest BCUT2D eigenvalue weighted by atomic mass is 9.95. The molecule has 0 fully saturated rings. The first-order valence-electron chi connectivity index (χ1n) is 9.29. The molecule has 3 rings (SSSR count). The number of aryl methyl sites for hydroxylation is 1. The molecule has 0 aliphatic heterocycles. The Bertz CT molecular complexity index is 858. The lowest BCUT2D eigenvalue weighted by molar-refractivity contribution is -0.714. The van der Waals surface area contributed by atoms with E-state index in [4.69, 9.17) is 0 Å². The van der Waals surface area contributed by atoms with E-state index in [1.54, 1.807) is 4.90 Å². The van der Waals surface area contributed by atoms with Gasteiger partial charge in [0.25, 0.3) is 5.91 Å². The summed E-state index contributed by atoms with van der Waals surface area (Å²) in [5.41, 5.74) is 4.63. The van der Waals surface area contributed by atoms with E-state index >= 15 is 0 Å². The maximum absolute atomic E-state index is 13.0. The number of hydrogen-bond acceptors (Lipinski definition) is 1. The third-order valence-electron chi connectivity index (χ3n) is 4.85. The highest BCUT2D eigenvalue weighted by atomic mass is 16.2. The van der Waals surface area contributed by atoms with Crippen molar-refractivity contribution in [1.29, 1.82) is 0 Å². The minimum Gasteiger partial charge on any atom is -0.343 e. The average Bonchev–Trinajstić information content (AvgIpc) is 2.70. The van der Waals surface area contributed by atoms with Gasteiger partial charge in [-0.2, -0.15) is 0 Å². The summed E-state index contributed by atoms with van der Waals surface area (Å²) >= 11 is 0. The molecule has 3 nitrogen and oxygen atoms in total. The summed E-state index contributed by atoms with van der Waals surface area (Å²) in [6.45, 7) is 2.09. The quantitative estimate of drug-likeness (QED) is 0.719. The number of quaternary nitrogens is 1. The molecule has 0 heterocycles. The van der Waals surface area contributed by atoms with Crippen LogP contribution in [-0.2, 0) is 4.79 Å². The number of amides is 1. The topological polar surface area (TPSA) is 36.9 Å². The van der Waals surface area contributed by atoms with Gasteiger partial charge in [0.1, 0.15) is 6.04 Å². The number of benzene rings is 3. The summed E-state index contributed by atoms with van der Waals surface area (Å²) in [4.78, 5) is 14.7. The number of carbonyl (C=O) groups is 1. The fourth-order valence-corrected chi connectivity index (χ4v) is 3.32. The Kier molecular flexibility index (Phi) is 6.05. The van der Waals surface area contributed by atoms with Crippen molar-refractivity contribution in [3.63, 3.8) is 0 Å². The number of nitrogens with zero attached hydrogens (tertiary/aromatic N) is 1. The fraction of sp³-hybridized carbons (Fsp3) is 0.208. The molecule has 0 saturated carbocycles. The molecule has 0 bridgehead atoms. The van der Waals surface area contributed by atoms with E-state index in [0.717, 1.165) is 5.56 Å². The fourth-order valence-electron chi connectivity index (χ4n) is 3.32. The van der Waals surface area contributed by atoms with Crippen molar-refractivity contribution in [2.75, 3.05) is 14.1 Å². The summed E-state index contributed by atoms with van der Waals surface area (Å²) in [5, 5.41) is 2.18. The van der Waals surface area contributed by atoms with Crippen molar-refractivity contribution >= 4 is 5.91 Å². The molecule has 2 atom stereocenters. The first kappa shape index (κ1) is 18.9. The van der Waals surface area contributed by atoms with E-state index in [1.165, 1.54) is 16.7 Å². The maximum atomic E-state index is 13.0. The molecule has 0 aliphatic rings. The Labute approximate surface area is 161 Å². The number of rotatable bonds is 6. The van der Waals surface area contributed by atoms with Gasteiger partial charge in [0.05, 0.1) is 0 Å². The molecule has 27 heavy (non-hydrogen) atoms. The molecule has 3 heteroatoms. The highest BCUT2D eigenvalue weighted by Crippen LogP contribution is 2.21. The first-order valence-corrected chi connectivity index (χ1v) is 9.29. The molecular formula is C24H27N2O+. The zero-order valence-corrected chi connectivity index (χ0v) is 16.2. The molecule has 138 valence electrons. The van der Waals surface area contributed by atoms with Crippen molar-refractivity contribution in [1.82, 2.24) is 4.90 Å². The van der Waals surface area contributed by atoms with E-state index in [0.29, 0.717) is 0 Å². The normalized spacial score (nSPS) is 13.0. The molecule has 3 aromatic carbocycles. The van der Waals surface area contributed by atoms with Crippen molar-refractivity contribution < 1.29 is 10.1 Å². The predicted octanol–water partition coefficient (Wildman–Crippen LogP) is 3.48. The van der Waals surface area contributed by atoms with E-state index in [1.807, 2.05) is 50.5 Å². The summed E-state index contributed by atoms with van der Waals surface area (Å²) in [5.74, 6) is 0.0919. The minimum atomic E-state index is -0.298. The number of likely N-dealkylation sites (N-methyl/N-ethyl adjacent to an activating group) is 1. The van der Waals surface area contributed by atoms with Crippen LogP contribution in [0.1, 0.15) is 34.3 Å². The Morgan fingerprint density at radius 3 is 1.74 bits per heavy atom. The lowest BCUT2D eigenvalue weighted by Gasteiger charge is -2.25. The van der Waals surface area contributed by atoms with Gasteiger partial charge in [0, 0.05) is 30.8 Å². The first-order chi connectivity index (χ1) is 13.1. The van der Waals surface area contributed by atoms with Crippen molar-refractivity contribution in [3.05, 3.63) is 107 Å². The molecule has 1 amide bonds. The van der Waals surface area contributed by atoms with Gasteiger partial charge in [-0.15, -0.1) is 0 Å². The van der Waals surface area contributed by atoms with Gasteiger partial charge in [0.15, 0.2) is 6.04 Å². The maximum Gasteiger partial charge on any atom is 0.285 e. The molecule has 0 saturated heterocycles. The molecule has 2 N–H and O–H groups in total. The van der Waals surface area contributed by atoms with Crippen LogP contribution in [0.2, 0.25) is 0 Å².